The van der Waals surface area contributed by atoms with Gasteiger partial charge in [0.15, 0.2) is 0 Å². The predicted molar refractivity (Wildman–Crippen MR) is 68.9 cm³/mol. The number of benzene rings is 1. The van der Waals surface area contributed by atoms with Crippen LogP contribution in [0.3, 0.4) is 0 Å². The maximum absolute atomic E-state index is 5.81. The monoisotopic (exact) mass is 227 g/mol. The van der Waals surface area contributed by atoms with E-state index in [9.17, 15) is 0 Å². The topological polar surface area (TPSA) is 43.8 Å². The predicted octanol–water partition coefficient (Wildman–Crippen LogP) is 2.58. The summed E-state index contributed by atoms with van der Waals surface area (Å²) in [5, 5.41) is 4.46. The van der Waals surface area contributed by atoms with Crippen LogP contribution in [0.4, 0.5) is 5.82 Å². The van der Waals surface area contributed by atoms with Gasteiger partial charge in [-0.1, -0.05) is 29.8 Å². The first-order valence-corrected chi connectivity index (χ1v) is 6.01. The molecule has 2 atom stereocenters. The Morgan fingerprint density at radius 2 is 1.94 bits per heavy atom. The van der Waals surface area contributed by atoms with E-state index in [1.54, 1.807) is 4.68 Å². The van der Waals surface area contributed by atoms with Gasteiger partial charge in [-0.05, 0) is 24.8 Å². The Morgan fingerprint density at radius 3 is 2.53 bits per heavy atom. The lowest BCUT2D eigenvalue weighted by atomic mass is 10.1. The number of anilines is 1. The first-order valence-electron chi connectivity index (χ1n) is 6.01. The zero-order chi connectivity index (χ0) is 12.0. The minimum Gasteiger partial charge on any atom is -0.384 e. The van der Waals surface area contributed by atoms with Gasteiger partial charge >= 0.3 is 0 Å². The van der Waals surface area contributed by atoms with Crippen molar-refractivity contribution in [3.63, 3.8) is 0 Å². The van der Waals surface area contributed by atoms with Crippen molar-refractivity contribution in [2.24, 2.45) is 7.05 Å². The summed E-state index contributed by atoms with van der Waals surface area (Å²) in [6.45, 7) is 2.12. The Labute approximate surface area is 101 Å². The first kappa shape index (κ1) is 10.4. The summed E-state index contributed by atoms with van der Waals surface area (Å²) in [5.74, 6) is 1.93. The molecule has 3 rings (SSSR count). The molecule has 1 aromatic heterocycles. The van der Waals surface area contributed by atoms with Gasteiger partial charge in [-0.3, -0.25) is 4.68 Å². The summed E-state index contributed by atoms with van der Waals surface area (Å²) in [4.78, 5) is 0. The van der Waals surface area contributed by atoms with Gasteiger partial charge in [-0.25, -0.2) is 0 Å². The van der Waals surface area contributed by atoms with E-state index in [4.69, 9.17) is 5.73 Å². The van der Waals surface area contributed by atoms with Crippen molar-refractivity contribution in [2.75, 3.05) is 5.73 Å². The molecule has 0 spiro atoms. The third-order valence-electron chi connectivity index (χ3n) is 3.61. The molecular weight excluding hydrogens is 210 g/mol. The summed E-state index contributed by atoms with van der Waals surface area (Å²) in [7, 11) is 1.89. The molecule has 1 aliphatic carbocycles. The van der Waals surface area contributed by atoms with Crippen LogP contribution in [0.1, 0.15) is 35.1 Å². The molecule has 0 aliphatic heterocycles. The number of aryl methyl sites for hydroxylation is 2. The van der Waals surface area contributed by atoms with Gasteiger partial charge in [-0.15, -0.1) is 0 Å². The summed E-state index contributed by atoms with van der Waals surface area (Å²) >= 11 is 0. The largest absolute Gasteiger partial charge is 0.384 e. The molecule has 1 aromatic carbocycles. The van der Waals surface area contributed by atoms with E-state index < -0.39 is 0 Å². The lowest BCUT2D eigenvalue weighted by Crippen LogP contribution is -1.97. The average molecular weight is 227 g/mol. The summed E-state index contributed by atoms with van der Waals surface area (Å²) < 4.78 is 1.75. The van der Waals surface area contributed by atoms with Crippen molar-refractivity contribution < 1.29 is 0 Å². The summed E-state index contributed by atoms with van der Waals surface area (Å²) in [6, 6.07) is 10.8. The van der Waals surface area contributed by atoms with Gasteiger partial charge in [0, 0.05) is 19.0 Å². The number of aromatic nitrogens is 2. The van der Waals surface area contributed by atoms with Crippen molar-refractivity contribution in [3.05, 3.63) is 47.2 Å². The quantitative estimate of drug-likeness (QED) is 0.857. The zero-order valence-corrected chi connectivity index (χ0v) is 10.2. The molecule has 3 heteroatoms. The van der Waals surface area contributed by atoms with Gasteiger partial charge in [0.1, 0.15) is 5.82 Å². The third-order valence-corrected chi connectivity index (χ3v) is 3.61. The van der Waals surface area contributed by atoms with Crippen LogP contribution in [0, 0.1) is 6.92 Å². The molecule has 0 saturated heterocycles. The number of hydrogen-bond donors (Lipinski definition) is 1. The lowest BCUT2D eigenvalue weighted by molar-refractivity contribution is 0.749. The molecule has 2 aromatic rings. The van der Waals surface area contributed by atoms with Crippen LogP contribution in [-0.4, -0.2) is 9.78 Å². The Balaban J connectivity index is 1.80. The Morgan fingerprint density at radius 1 is 1.24 bits per heavy atom. The maximum atomic E-state index is 5.81. The number of hydrogen-bond acceptors (Lipinski definition) is 2. The number of rotatable bonds is 2. The Bertz CT molecular complexity index is 520. The van der Waals surface area contributed by atoms with E-state index in [-0.39, 0.29) is 0 Å². The average Bonchev–Trinajstić information content (AvgIpc) is 3.02. The van der Waals surface area contributed by atoms with Crippen LogP contribution >= 0.6 is 0 Å². The molecule has 0 amide bonds. The molecule has 2 N–H and O–H groups in total. The van der Waals surface area contributed by atoms with Crippen LogP contribution in [0.15, 0.2) is 30.3 Å². The molecule has 0 unspecified atom stereocenters. The van der Waals surface area contributed by atoms with E-state index in [1.165, 1.54) is 17.5 Å². The normalized spacial score (nSPS) is 22.7. The molecular formula is C14H17N3. The summed E-state index contributed by atoms with van der Waals surface area (Å²) in [5.41, 5.74) is 9.68. The molecule has 3 nitrogen and oxygen atoms in total. The van der Waals surface area contributed by atoms with Crippen LogP contribution < -0.4 is 5.73 Å². The highest BCUT2D eigenvalue weighted by molar-refractivity contribution is 5.39. The minimum atomic E-state index is 0.557. The Kier molecular flexibility index (Phi) is 2.21. The maximum Gasteiger partial charge on any atom is 0.121 e. The highest BCUT2D eigenvalue weighted by atomic mass is 15.3. The van der Waals surface area contributed by atoms with Crippen molar-refractivity contribution in [3.8, 4) is 0 Å². The molecule has 1 heterocycles. The van der Waals surface area contributed by atoms with Gasteiger partial charge in [0.25, 0.3) is 0 Å². The van der Waals surface area contributed by atoms with E-state index in [0.29, 0.717) is 11.8 Å². The standard InChI is InChI=1S/C14H17N3/c1-9-3-5-10(6-4-9)11-7-12(11)13-8-14(15)17(2)16-13/h3-6,8,11-12H,7,15H2,1-2H3/t11-,12-/m0/s1. The van der Waals surface area contributed by atoms with Crippen LogP contribution in [0.2, 0.25) is 0 Å². The van der Waals surface area contributed by atoms with E-state index >= 15 is 0 Å². The second-order valence-corrected chi connectivity index (χ2v) is 4.98. The SMILES string of the molecule is Cc1ccc([C@@H]2C[C@@H]2c2cc(N)n(C)n2)cc1. The van der Waals surface area contributed by atoms with Crippen molar-refractivity contribution in [1.82, 2.24) is 9.78 Å². The van der Waals surface area contributed by atoms with Gasteiger partial charge in [0.2, 0.25) is 0 Å². The van der Waals surface area contributed by atoms with Crippen LogP contribution in [0.5, 0.6) is 0 Å². The second-order valence-electron chi connectivity index (χ2n) is 4.98. The number of nitrogens with zero attached hydrogens (tertiary/aromatic N) is 2. The highest BCUT2D eigenvalue weighted by Crippen LogP contribution is 2.54. The van der Waals surface area contributed by atoms with Gasteiger partial charge < -0.3 is 5.73 Å². The fourth-order valence-corrected chi connectivity index (χ4v) is 2.39. The molecule has 0 bridgehead atoms. The van der Waals surface area contributed by atoms with Gasteiger partial charge in [-0.2, -0.15) is 5.10 Å². The Hall–Kier alpha value is -1.77. The third kappa shape index (κ3) is 1.82. The lowest BCUT2D eigenvalue weighted by Gasteiger charge is -1.99. The molecule has 1 aliphatic rings. The fraction of sp³-hybridized carbons (Fsp3) is 0.357. The van der Waals surface area contributed by atoms with Crippen molar-refractivity contribution in [1.29, 1.82) is 0 Å². The molecule has 1 saturated carbocycles. The van der Waals surface area contributed by atoms with Gasteiger partial charge in [0.05, 0.1) is 5.69 Å². The minimum absolute atomic E-state index is 0.557. The van der Waals surface area contributed by atoms with Crippen molar-refractivity contribution in [2.45, 2.75) is 25.2 Å². The molecule has 17 heavy (non-hydrogen) atoms. The smallest absolute Gasteiger partial charge is 0.121 e. The molecule has 1 fully saturated rings. The van der Waals surface area contributed by atoms with Crippen molar-refractivity contribution >= 4 is 5.82 Å². The highest BCUT2D eigenvalue weighted by Gasteiger charge is 2.41. The van der Waals surface area contributed by atoms with Crippen LogP contribution in [-0.2, 0) is 7.05 Å². The number of nitrogens with two attached hydrogens (primary N) is 1. The molecule has 88 valence electrons. The first-order chi connectivity index (χ1) is 8.15. The fourth-order valence-electron chi connectivity index (χ4n) is 2.39. The van der Waals surface area contributed by atoms with Crippen LogP contribution in [0.25, 0.3) is 0 Å². The number of nitrogen functional groups attached to an aromatic ring is 1. The van der Waals surface area contributed by atoms with E-state index in [0.717, 1.165) is 11.5 Å². The van der Waals surface area contributed by atoms with E-state index in [1.807, 2.05) is 13.1 Å². The zero-order valence-electron chi connectivity index (χ0n) is 10.2. The summed E-state index contributed by atoms with van der Waals surface area (Å²) in [6.07, 6.45) is 1.19. The molecule has 0 radical (unpaired) electrons. The second kappa shape index (κ2) is 3.62. The van der Waals surface area contributed by atoms with E-state index in [2.05, 4.69) is 36.3 Å².